The Labute approximate surface area is 160 Å². The Hall–Kier alpha value is -2.95. The van der Waals surface area contributed by atoms with Gasteiger partial charge in [-0.25, -0.2) is 5.43 Å². The van der Waals surface area contributed by atoms with Crippen molar-refractivity contribution in [2.75, 3.05) is 5.32 Å². The van der Waals surface area contributed by atoms with Crippen LogP contribution in [0.1, 0.15) is 52.9 Å². The van der Waals surface area contributed by atoms with Gasteiger partial charge in [0.25, 0.3) is 5.91 Å². The second kappa shape index (κ2) is 9.12. The summed E-state index contributed by atoms with van der Waals surface area (Å²) in [7, 11) is 0. The van der Waals surface area contributed by atoms with Gasteiger partial charge in [0, 0.05) is 23.2 Å². The number of amides is 2. The number of benzene rings is 2. The van der Waals surface area contributed by atoms with E-state index in [1.165, 1.54) is 5.56 Å². The Balaban J connectivity index is 1.97. The van der Waals surface area contributed by atoms with Crippen molar-refractivity contribution in [3.63, 3.8) is 0 Å². The third-order valence-corrected chi connectivity index (χ3v) is 4.12. The number of hydrogen-bond acceptors (Lipinski definition) is 3. The normalized spacial score (nSPS) is 11.0. The topological polar surface area (TPSA) is 70.6 Å². The molecule has 2 rings (SSSR count). The van der Waals surface area contributed by atoms with Crippen LogP contribution in [0.25, 0.3) is 0 Å². The Bertz CT molecular complexity index is 829. The molecule has 0 saturated heterocycles. The highest BCUT2D eigenvalue weighted by molar-refractivity contribution is 5.96. The van der Waals surface area contributed by atoms with Crippen LogP contribution in [0.5, 0.6) is 0 Å². The van der Waals surface area contributed by atoms with Gasteiger partial charge in [0.05, 0.1) is 6.21 Å². The molecule has 2 aromatic carbocycles. The van der Waals surface area contributed by atoms with E-state index in [9.17, 15) is 9.59 Å². The van der Waals surface area contributed by atoms with Crippen molar-refractivity contribution in [1.82, 2.24) is 5.43 Å². The molecule has 2 amide bonds. The standard InChI is InChI=1S/C22H27N3O2/c1-14(2)10-21(26)24-19-8-6-18(7-9-19)22(27)25-23-13-20-16(4)11-15(3)12-17(20)5/h6-9,11-14H,10H2,1-5H3,(H,24,26)(H,25,27)/b23-13+. The highest BCUT2D eigenvalue weighted by Crippen LogP contribution is 2.14. The molecule has 0 spiro atoms. The van der Waals surface area contributed by atoms with Crippen LogP contribution in [0.4, 0.5) is 5.69 Å². The first-order valence-electron chi connectivity index (χ1n) is 9.07. The monoisotopic (exact) mass is 365 g/mol. The van der Waals surface area contributed by atoms with E-state index >= 15 is 0 Å². The Kier molecular flexibility index (Phi) is 6.88. The second-order valence-electron chi connectivity index (χ2n) is 7.24. The van der Waals surface area contributed by atoms with Crippen molar-refractivity contribution < 1.29 is 9.59 Å². The maximum atomic E-state index is 12.2. The molecule has 0 atom stereocenters. The number of nitrogens with one attached hydrogen (secondary N) is 2. The zero-order valence-electron chi connectivity index (χ0n) is 16.6. The van der Waals surface area contributed by atoms with Crippen LogP contribution in [0.3, 0.4) is 0 Å². The molecule has 2 N–H and O–H groups in total. The summed E-state index contributed by atoms with van der Waals surface area (Å²) in [6.07, 6.45) is 2.14. The van der Waals surface area contributed by atoms with E-state index in [0.717, 1.165) is 16.7 Å². The predicted octanol–water partition coefficient (Wildman–Crippen LogP) is 4.36. The summed E-state index contributed by atoms with van der Waals surface area (Å²) in [5.74, 6) is -0.0296. The van der Waals surface area contributed by atoms with Crippen molar-refractivity contribution in [1.29, 1.82) is 0 Å². The average Bonchev–Trinajstić information content (AvgIpc) is 2.56. The summed E-state index contributed by atoms with van der Waals surface area (Å²) in [4.78, 5) is 24.0. The number of carbonyl (C=O) groups is 2. The molecule has 0 aliphatic heterocycles. The molecule has 0 bridgehead atoms. The van der Waals surface area contributed by atoms with Gasteiger partial charge >= 0.3 is 0 Å². The number of nitrogens with zero attached hydrogens (tertiary/aromatic N) is 1. The number of hydrazone groups is 1. The summed E-state index contributed by atoms with van der Waals surface area (Å²) in [6.45, 7) is 10.1. The lowest BCUT2D eigenvalue weighted by Crippen LogP contribution is -2.18. The summed E-state index contributed by atoms with van der Waals surface area (Å²) in [5, 5.41) is 6.90. The zero-order valence-corrected chi connectivity index (χ0v) is 16.6. The van der Waals surface area contributed by atoms with E-state index in [1.807, 2.05) is 27.7 Å². The number of carbonyl (C=O) groups excluding carboxylic acids is 2. The Morgan fingerprint density at radius 3 is 2.19 bits per heavy atom. The largest absolute Gasteiger partial charge is 0.326 e. The highest BCUT2D eigenvalue weighted by Gasteiger charge is 2.08. The first-order chi connectivity index (χ1) is 12.8. The summed E-state index contributed by atoms with van der Waals surface area (Å²) in [5.41, 5.74) is 8.14. The molecule has 2 aromatic rings. The summed E-state index contributed by atoms with van der Waals surface area (Å²) < 4.78 is 0. The molecule has 0 aliphatic carbocycles. The molecule has 0 saturated carbocycles. The molecule has 0 unspecified atom stereocenters. The predicted molar refractivity (Wildman–Crippen MR) is 110 cm³/mol. The minimum atomic E-state index is -0.297. The maximum Gasteiger partial charge on any atom is 0.271 e. The molecular formula is C22H27N3O2. The minimum absolute atomic E-state index is 0.0318. The lowest BCUT2D eigenvalue weighted by molar-refractivity contribution is -0.116. The third kappa shape index (κ3) is 6.06. The van der Waals surface area contributed by atoms with Gasteiger partial charge in [-0.3, -0.25) is 9.59 Å². The van der Waals surface area contributed by atoms with Gasteiger partial charge in [0.2, 0.25) is 5.91 Å². The van der Waals surface area contributed by atoms with Crippen molar-refractivity contribution in [3.05, 3.63) is 64.2 Å². The quantitative estimate of drug-likeness (QED) is 0.590. The molecule has 0 aliphatic rings. The zero-order chi connectivity index (χ0) is 20.0. The molecule has 0 fully saturated rings. The Morgan fingerprint density at radius 2 is 1.63 bits per heavy atom. The fourth-order valence-corrected chi connectivity index (χ4v) is 2.90. The smallest absolute Gasteiger partial charge is 0.271 e. The van der Waals surface area contributed by atoms with E-state index in [0.29, 0.717) is 23.6 Å². The van der Waals surface area contributed by atoms with Crippen LogP contribution in [0, 0.1) is 26.7 Å². The number of hydrogen-bond donors (Lipinski definition) is 2. The molecule has 5 heteroatoms. The molecule has 142 valence electrons. The fourth-order valence-electron chi connectivity index (χ4n) is 2.90. The number of rotatable bonds is 6. The van der Waals surface area contributed by atoms with Crippen LogP contribution in [-0.4, -0.2) is 18.0 Å². The van der Waals surface area contributed by atoms with Gasteiger partial charge in [-0.2, -0.15) is 5.10 Å². The van der Waals surface area contributed by atoms with Crippen LogP contribution >= 0.6 is 0 Å². The first kappa shape index (κ1) is 20.4. The highest BCUT2D eigenvalue weighted by atomic mass is 16.2. The Morgan fingerprint density at radius 1 is 1.04 bits per heavy atom. The van der Waals surface area contributed by atoms with Gasteiger partial charge in [-0.15, -0.1) is 0 Å². The number of anilines is 1. The first-order valence-corrected chi connectivity index (χ1v) is 9.07. The molecule has 5 nitrogen and oxygen atoms in total. The maximum absolute atomic E-state index is 12.2. The molecule has 0 aromatic heterocycles. The lowest BCUT2D eigenvalue weighted by Gasteiger charge is -2.08. The van der Waals surface area contributed by atoms with Crippen molar-refractivity contribution in [2.45, 2.75) is 41.0 Å². The van der Waals surface area contributed by atoms with Crippen LogP contribution in [0.2, 0.25) is 0 Å². The van der Waals surface area contributed by atoms with Crippen molar-refractivity contribution in [2.24, 2.45) is 11.0 Å². The second-order valence-corrected chi connectivity index (χ2v) is 7.24. The average molecular weight is 365 g/mol. The lowest BCUT2D eigenvalue weighted by atomic mass is 10.0. The fraction of sp³-hybridized carbons (Fsp3) is 0.318. The van der Waals surface area contributed by atoms with Crippen molar-refractivity contribution in [3.8, 4) is 0 Å². The number of aryl methyl sites for hydroxylation is 3. The van der Waals surface area contributed by atoms with Crippen molar-refractivity contribution >= 4 is 23.7 Å². The van der Waals surface area contributed by atoms with E-state index in [2.05, 4.69) is 34.9 Å². The molecule has 0 heterocycles. The van der Waals surface area contributed by atoms with E-state index in [-0.39, 0.29) is 11.8 Å². The van der Waals surface area contributed by atoms with E-state index in [4.69, 9.17) is 0 Å². The summed E-state index contributed by atoms with van der Waals surface area (Å²) >= 11 is 0. The SMILES string of the molecule is Cc1cc(C)c(/C=N/NC(=O)c2ccc(NC(=O)CC(C)C)cc2)c(C)c1. The van der Waals surface area contributed by atoms with Gasteiger partial charge < -0.3 is 5.32 Å². The molecule has 27 heavy (non-hydrogen) atoms. The van der Waals surface area contributed by atoms with Crippen LogP contribution in [-0.2, 0) is 4.79 Å². The minimum Gasteiger partial charge on any atom is -0.326 e. The van der Waals surface area contributed by atoms with E-state index in [1.54, 1.807) is 30.5 Å². The van der Waals surface area contributed by atoms with Gasteiger partial charge in [0.1, 0.15) is 0 Å². The van der Waals surface area contributed by atoms with Gasteiger partial charge in [-0.1, -0.05) is 31.5 Å². The van der Waals surface area contributed by atoms with Crippen LogP contribution in [0.15, 0.2) is 41.5 Å². The van der Waals surface area contributed by atoms with Crippen LogP contribution < -0.4 is 10.7 Å². The molecular weight excluding hydrogens is 338 g/mol. The van der Waals surface area contributed by atoms with Gasteiger partial charge in [-0.05, 0) is 62.1 Å². The van der Waals surface area contributed by atoms with Gasteiger partial charge in [0.15, 0.2) is 0 Å². The summed E-state index contributed by atoms with van der Waals surface area (Å²) in [6, 6.07) is 10.9. The molecule has 0 radical (unpaired) electrons. The van der Waals surface area contributed by atoms with E-state index < -0.39 is 0 Å². The third-order valence-electron chi connectivity index (χ3n) is 4.12.